The van der Waals surface area contributed by atoms with Crippen molar-refractivity contribution in [2.45, 2.75) is 19.0 Å². The zero-order chi connectivity index (χ0) is 22.9. The third kappa shape index (κ3) is 6.01. The second-order valence-corrected chi connectivity index (χ2v) is 7.92. The minimum Gasteiger partial charge on any atom is -0.497 e. The Morgan fingerprint density at radius 2 is 1.84 bits per heavy atom. The first-order valence-electron chi connectivity index (χ1n) is 9.94. The summed E-state index contributed by atoms with van der Waals surface area (Å²) >= 11 is 1.56. The lowest BCUT2D eigenvalue weighted by Crippen LogP contribution is -2.53. The maximum absolute atomic E-state index is 12.6. The second kappa shape index (κ2) is 11.2. The van der Waals surface area contributed by atoms with Crippen molar-refractivity contribution in [2.75, 3.05) is 19.1 Å². The highest BCUT2D eigenvalue weighted by atomic mass is 32.2. The number of para-hydroxylation sites is 2. The van der Waals surface area contributed by atoms with Crippen molar-refractivity contribution in [3.8, 4) is 5.75 Å². The molecule has 0 saturated heterocycles. The number of ether oxygens (including phenoxy) is 1. The number of rotatable bonds is 9. The molecule has 0 aliphatic rings. The van der Waals surface area contributed by atoms with E-state index in [0.29, 0.717) is 23.5 Å². The summed E-state index contributed by atoms with van der Waals surface area (Å²) in [4.78, 5) is 41.8. The first-order chi connectivity index (χ1) is 15.5. The normalized spacial score (nSPS) is 11.6. The molecule has 3 rings (SSSR count). The molecule has 32 heavy (non-hydrogen) atoms. The van der Waals surface area contributed by atoms with Gasteiger partial charge in [-0.2, -0.15) is 11.8 Å². The van der Waals surface area contributed by atoms with E-state index in [1.165, 1.54) is 0 Å². The van der Waals surface area contributed by atoms with Gasteiger partial charge in [-0.05, 0) is 54.8 Å². The number of carbonyl (C=O) groups is 3. The van der Waals surface area contributed by atoms with E-state index in [1.54, 1.807) is 54.0 Å². The molecule has 2 aromatic carbocycles. The number of nitrogens with one attached hydrogen (secondary N) is 3. The van der Waals surface area contributed by atoms with Crippen LogP contribution >= 0.6 is 11.8 Å². The van der Waals surface area contributed by atoms with Crippen LogP contribution in [-0.4, -0.2) is 52.4 Å². The van der Waals surface area contributed by atoms with Crippen LogP contribution in [0.2, 0.25) is 0 Å². The van der Waals surface area contributed by atoms with Gasteiger partial charge >= 0.3 is 0 Å². The van der Waals surface area contributed by atoms with Crippen molar-refractivity contribution < 1.29 is 19.1 Å². The van der Waals surface area contributed by atoms with Gasteiger partial charge in [-0.15, -0.1) is 0 Å². The van der Waals surface area contributed by atoms with Crippen LogP contribution in [0.15, 0.2) is 54.9 Å². The topological polar surface area (TPSA) is 114 Å². The van der Waals surface area contributed by atoms with E-state index in [0.717, 1.165) is 11.0 Å². The molecule has 0 radical (unpaired) electrons. The number of aromatic nitrogens is 2. The number of benzene rings is 2. The molecule has 1 heterocycles. The van der Waals surface area contributed by atoms with Crippen LogP contribution in [0.3, 0.4) is 0 Å². The molecule has 3 amide bonds. The molecule has 0 bridgehead atoms. The second-order valence-electron chi connectivity index (χ2n) is 6.93. The zero-order valence-electron chi connectivity index (χ0n) is 17.8. The molecular weight excluding hydrogens is 430 g/mol. The first-order valence-corrected chi connectivity index (χ1v) is 11.3. The van der Waals surface area contributed by atoms with Crippen LogP contribution in [0.25, 0.3) is 11.0 Å². The summed E-state index contributed by atoms with van der Waals surface area (Å²) in [6.07, 6.45) is 3.90. The van der Waals surface area contributed by atoms with Crippen molar-refractivity contribution >= 4 is 40.5 Å². The van der Waals surface area contributed by atoms with Crippen LogP contribution in [0.1, 0.15) is 16.8 Å². The standard InChI is InChI=1S/C22H25N5O4S/c1-31-16-9-7-15(8-10-16)21(29)24-18(11-12-32-2)22(30)26-25-20(28)13-27-14-23-17-5-3-4-6-19(17)27/h3-10,14,18H,11-13H2,1-2H3,(H,24,29)(H,25,28)(H,26,30). The summed E-state index contributed by atoms with van der Waals surface area (Å²) < 4.78 is 6.78. The summed E-state index contributed by atoms with van der Waals surface area (Å²) in [5.74, 6) is 0.00346. The molecule has 1 aromatic heterocycles. The molecule has 0 aliphatic carbocycles. The Kier molecular flexibility index (Phi) is 8.09. The third-order valence-corrected chi connectivity index (χ3v) is 5.40. The van der Waals surface area contributed by atoms with Crippen LogP contribution in [-0.2, 0) is 16.1 Å². The Labute approximate surface area is 189 Å². The fraction of sp³-hybridized carbons (Fsp3) is 0.273. The molecule has 0 saturated carbocycles. The highest BCUT2D eigenvalue weighted by Crippen LogP contribution is 2.12. The average molecular weight is 456 g/mol. The molecule has 0 spiro atoms. The number of thioether (sulfide) groups is 1. The summed E-state index contributed by atoms with van der Waals surface area (Å²) in [5.41, 5.74) is 6.82. The van der Waals surface area contributed by atoms with Gasteiger partial charge in [-0.3, -0.25) is 25.2 Å². The van der Waals surface area contributed by atoms with Gasteiger partial charge in [0, 0.05) is 5.56 Å². The van der Waals surface area contributed by atoms with Crippen LogP contribution in [0, 0.1) is 0 Å². The van der Waals surface area contributed by atoms with Crippen molar-refractivity contribution in [2.24, 2.45) is 0 Å². The van der Waals surface area contributed by atoms with E-state index in [4.69, 9.17) is 4.74 Å². The maximum Gasteiger partial charge on any atom is 0.260 e. The van der Waals surface area contributed by atoms with Gasteiger partial charge in [0.2, 0.25) is 0 Å². The SMILES string of the molecule is COc1ccc(C(=O)NC(CCSC)C(=O)NNC(=O)Cn2cnc3ccccc32)cc1. The van der Waals surface area contributed by atoms with Crippen LogP contribution < -0.4 is 20.9 Å². The summed E-state index contributed by atoms with van der Waals surface area (Å²) in [5, 5.41) is 2.73. The monoisotopic (exact) mass is 455 g/mol. The molecule has 168 valence electrons. The number of methoxy groups -OCH3 is 1. The lowest BCUT2D eigenvalue weighted by molar-refractivity contribution is -0.130. The van der Waals surface area contributed by atoms with Gasteiger partial charge < -0.3 is 14.6 Å². The number of nitrogens with zero attached hydrogens (tertiary/aromatic N) is 2. The van der Waals surface area contributed by atoms with E-state index in [-0.39, 0.29) is 12.5 Å². The van der Waals surface area contributed by atoms with Crippen LogP contribution in [0.4, 0.5) is 0 Å². The lowest BCUT2D eigenvalue weighted by Gasteiger charge is -2.18. The van der Waals surface area contributed by atoms with Gasteiger partial charge in [0.25, 0.3) is 17.7 Å². The Morgan fingerprint density at radius 1 is 1.09 bits per heavy atom. The maximum atomic E-state index is 12.6. The Balaban J connectivity index is 1.57. The molecule has 0 aliphatic heterocycles. The van der Waals surface area contributed by atoms with E-state index in [2.05, 4.69) is 21.2 Å². The Bertz CT molecular complexity index is 1080. The lowest BCUT2D eigenvalue weighted by atomic mass is 10.1. The highest BCUT2D eigenvalue weighted by molar-refractivity contribution is 7.98. The largest absolute Gasteiger partial charge is 0.497 e. The van der Waals surface area contributed by atoms with Gasteiger partial charge in [0.05, 0.1) is 24.5 Å². The van der Waals surface area contributed by atoms with Gasteiger partial charge in [0.1, 0.15) is 18.3 Å². The van der Waals surface area contributed by atoms with Crippen molar-refractivity contribution in [1.29, 1.82) is 0 Å². The quantitative estimate of drug-likeness (QED) is 0.424. The number of fused-ring (bicyclic) bond motifs is 1. The van der Waals surface area contributed by atoms with Gasteiger partial charge in [-0.25, -0.2) is 4.98 Å². The summed E-state index contributed by atoms with van der Waals surface area (Å²) in [6.45, 7) is -0.00548. The van der Waals surface area contributed by atoms with Gasteiger partial charge in [-0.1, -0.05) is 12.1 Å². The predicted molar refractivity (Wildman–Crippen MR) is 123 cm³/mol. The first kappa shape index (κ1) is 23.1. The summed E-state index contributed by atoms with van der Waals surface area (Å²) in [7, 11) is 1.54. The Hall–Kier alpha value is -3.53. The third-order valence-electron chi connectivity index (χ3n) is 4.75. The number of imidazole rings is 1. The van der Waals surface area contributed by atoms with Gasteiger partial charge in [0.15, 0.2) is 0 Å². The minimum absolute atomic E-state index is 0.00548. The number of carbonyl (C=O) groups excluding carboxylic acids is 3. The Morgan fingerprint density at radius 3 is 2.56 bits per heavy atom. The number of hydrogen-bond donors (Lipinski definition) is 3. The molecule has 9 nitrogen and oxygen atoms in total. The summed E-state index contributed by atoms with van der Waals surface area (Å²) in [6, 6.07) is 13.2. The fourth-order valence-electron chi connectivity index (χ4n) is 3.04. The van der Waals surface area contributed by atoms with Crippen LogP contribution in [0.5, 0.6) is 5.75 Å². The smallest absolute Gasteiger partial charge is 0.260 e. The number of hydrazine groups is 1. The highest BCUT2D eigenvalue weighted by Gasteiger charge is 2.22. The average Bonchev–Trinajstić information content (AvgIpc) is 3.22. The number of hydrogen-bond acceptors (Lipinski definition) is 6. The molecular formula is C22H25N5O4S. The molecule has 3 aromatic rings. The molecule has 1 atom stereocenters. The molecule has 1 unspecified atom stereocenters. The van der Waals surface area contributed by atoms with E-state index < -0.39 is 17.9 Å². The van der Waals surface area contributed by atoms with Crippen molar-refractivity contribution in [1.82, 2.24) is 25.7 Å². The number of amides is 3. The zero-order valence-corrected chi connectivity index (χ0v) is 18.6. The fourth-order valence-corrected chi connectivity index (χ4v) is 3.51. The van der Waals surface area contributed by atoms with Crippen molar-refractivity contribution in [3.63, 3.8) is 0 Å². The molecule has 3 N–H and O–H groups in total. The van der Waals surface area contributed by atoms with E-state index in [9.17, 15) is 14.4 Å². The predicted octanol–water partition coefficient (Wildman–Crippen LogP) is 1.74. The molecule has 10 heteroatoms. The van der Waals surface area contributed by atoms with E-state index in [1.807, 2.05) is 30.5 Å². The molecule has 0 fully saturated rings. The van der Waals surface area contributed by atoms with Crippen molar-refractivity contribution in [3.05, 3.63) is 60.4 Å². The van der Waals surface area contributed by atoms with E-state index >= 15 is 0 Å². The minimum atomic E-state index is -0.800.